The van der Waals surface area contributed by atoms with Crippen molar-refractivity contribution in [1.29, 1.82) is 0 Å². The third-order valence-corrected chi connectivity index (χ3v) is 2.38. The molecule has 0 aliphatic heterocycles. The topological polar surface area (TPSA) is 73.9 Å². The van der Waals surface area contributed by atoms with Gasteiger partial charge in [0.25, 0.3) is 0 Å². The van der Waals surface area contributed by atoms with Crippen LogP contribution in [0.1, 0.15) is 26.7 Å². The standard InChI is InChI=1S/C10H24N4O/c1-5-9(10(11)13-15)12-8(2)6-7-14(3)4/h8-9,12,15H,5-7H2,1-4H3,(H2,11,13). The molecule has 0 saturated carbocycles. The van der Waals surface area contributed by atoms with Gasteiger partial charge in [0.1, 0.15) is 0 Å². The maximum absolute atomic E-state index is 8.58. The van der Waals surface area contributed by atoms with Gasteiger partial charge in [0.15, 0.2) is 5.84 Å². The zero-order valence-electron chi connectivity index (χ0n) is 10.2. The van der Waals surface area contributed by atoms with Gasteiger partial charge in [-0.15, -0.1) is 0 Å². The lowest BCUT2D eigenvalue weighted by Crippen LogP contribution is -2.45. The number of oxime groups is 1. The summed E-state index contributed by atoms with van der Waals surface area (Å²) in [4.78, 5) is 2.14. The van der Waals surface area contributed by atoms with Crippen LogP contribution in [0.4, 0.5) is 0 Å². The van der Waals surface area contributed by atoms with Gasteiger partial charge in [-0.3, -0.25) is 0 Å². The molecule has 15 heavy (non-hydrogen) atoms. The highest BCUT2D eigenvalue weighted by Crippen LogP contribution is 1.98. The summed E-state index contributed by atoms with van der Waals surface area (Å²) in [5.41, 5.74) is 5.56. The Hall–Kier alpha value is -0.810. The Labute approximate surface area is 92.3 Å². The van der Waals surface area contributed by atoms with Gasteiger partial charge in [-0.2, -0.15) is 0 Å². The molecule has 2 unspecified atom stereocenters. The van der Waals surface area contributed by atoms with Gasteiger partial charge >= 0.3 is 0 Å². The molecule has 0 radical (unpaired) electrons. The molecule has 0 aliphatic carbocycles. The fourth-order valence-electron chi connectivity index (χ4n) is 1.36. The molecule has 0 bridgehead atoms. The van der Waals surface area contributed by atoms with E-state index < -0.39 is 0 Å². The fraction of sp³-hybridized carbons (Fsp3) is 0.900. The normalized spacial score (nSPS) is 16.7. The largest absolute Gasteiger partial charge is 0.409 e. The van der Waals surface area contributed by atoms with Crippen LogP contribution in [-0.2, 0) is 0 Å². The molecule has 0 fully saturated rings. The van der Waals surface area contributed by atoms with Crippen molar-refractivity contribution in [3.63, 3.8) is 0 Å². The minimum absolute atomic E-state index is 0.0350. The maximum atomic E-state index is 8.58. The van der Waals surface area contributed by atoms with Crippen LogP contribution in [-0.4, -0.2) is 48.7 Å². The average molecular weight is 216 g/mol. The van der Waals surface area contributed by atoms with Gasteiger partial charge in [-0.05, 0) is 40.4 Å². The third-order valence-electron chi connectivity index (χ3n) is 2.38. The number of hydrogen-bond acceptors (Lipinski definition) is 4. The molecular weight excluding hydrogens is 192 g/mol. The average Bonchev–Trinajstić information content (AvgIpc) is 2.21. The van der Waals surface area contributed by atoms with Crippen LogP contribution < -0.4 is 11.1 Å². The van der Waals surface area contributed by atoms with E-state index >= 15 is 0 Å². The van der Waals surface area contributed by atoms with Crippen molar-refractivity contribution in [3.8, 4) is 0 Å². The summed E-state index contributed by atoms with van der Waals surface area (Å²) >= 11 is 0. The molecule has 0 rings (SSSR count). The molecule has 5 nitrogen and oxygen atoms in total. The van der Waals surface area contributed by atoms with Crippen molar-refractivity contribution in [2.24, 2.45) is 10.9 Å². The molecule has 0 aromatic carbocycles. The van der Waals surface area contributed by atoms with Gasteiger partial charge in [-0.25, -0.2) is 0 Å². The summed E-state index contributed by atoms with van der Waals surface area (Å²) in [5.74, 6) is 0.259. The molecule has 0 saturated heterocycles. The summed E-state index contributed by atoms with van der Waals surface area (Å²) in [5, 5.41) is 14.9. The van der Waals surface area contributed by atoms with Gasteiger partial charge in [0.05, 0.1) is 6.04 Å². The smallest absolute Gasteiger partial charge is 0.156 e. The summed E-state index contributed by atoms with van der Waals surface area (Å²) in [6.07, 6.45) is 1.87. The Kier molecular flexibility index (Phi) is 7.07. The van der Waals surface area contributed by atoms with Crippen molar-refractivity contribution in [2.75, 3.05) is 20.6 Å². The third kappa shape index (κ3) is 6.30. The van der Waals surface area contributed by atoms with Crippen molar-refractivity contribution >= 4 is 5.84 Å². The number of amidine groups is 1. The first-order chi connectivity index (χ1) is 7.01. The van der Waals surface area contributed by atoms with Gasteiger partial charge < -0.3 is 21.2 Å². The van der Waals surface area contributed by atoms with Gasteiger partial charge in [0, 0.05) is 6.04 Å². The lowest BCUT2D eigenvalue weighted by molar-refractivity contribution is 0.311. The van der Waals surface area contributed by atoms with Crippen molar-refractivity contribution in [3.05, 3.63) is 0 Å². The van der Waals surface area contributed by atoms with E-state index in [4.69, 9.17) is 10.9 Å². The zero-order valence-corrected chi connectivity index (χ0v) is 10.2. The van der Waals surface area contributed by atoms with Crippen LogP contribution in [0.25, 0.3) is 0 Å². The molecule has 0 amide bonds. The van der Waals surface area contributed by atoms with Crippen molar-refractivity contribution in [2.45, 2.75) is 38.8 Å². The molecule has 5 heteroatoms. The number of nitrogens with two attached hydrogens (primary N) is 1. The molecule has 0 aromatic heterocycles. The van der Waals surface area contributed by atoms with E-state index in [0.717, 1.165) is 19.4 Å². The molecule has 2 atom stereocenters. The van der Waals surface area contributed by atoms with E-state index in [9.17, 15) is 0 Å². The number of nitrogens with zero attached hydrogens (tertiary/aromatic N) is 2. The van der Waals surface area contributed by atoms with Gasteiger partial charge in [-0.1, -0.05) is 12.1 Å². The van der Waals surface area contributed by atoms with E-state index in [0.29, 0.717) is 6.04 Å². The first-order valence-electron chi connectivity index (χ1n) is 5.39. The van der Waals surface area contributed by atoms with Crippen LogP contribution in [0.2, 0.25) is 0 Å². The second-order valence-electron chi connectivity index (χ2n) is 4.15. The van der Waals surface area contributed by atoms with Crippen LogP contribution in [0.5, 0.6) is 0 Å². The first kappa shape index (κ1) is 14.2. The highest BCUT2D eigenvalue weighted by molar-refractivity contribution is 5.85. The summed E-state index contributed by atoms with van der Waals surface area (Å²) in [6.45, 7) is 5.14. The molecule has 4 N–H and O–H groups in total. The highest BCUT2D eigenvalue weighted by Gasteiger charge is 2.14. The Morgan fingerprint density at radius 1 is 1.53 bits per heavy atom. The molecule has 0 heterocycles. The molecule has 0 spiro atoms. The predicted molar refractivity (Wildman–Crippen MR) is 63.3 cm³/mol. The van der Waals surface area contributed by atoms with E-state index in [1.54, 1.807) is 0 Å². The highest BCUT2D eigenvalue weighted by atomic mass is 16.4. The van der Waals surface area contributed by atoms with Crippen molar-refractivity contribution < 1.29 is 5.21 Å². The van der Waals surface area contributed by atoms with E-state index in [-0.39, 0.29) is 11.9 Å². The maximum Gasteiger partial charge on any atom is 0.156 e. The van der Waals surface area contributed by atoms with Crippen LogP contribution in [0.3, 0.4) is 0 Å². The van der Waals surface area contributed by atoms with Crippen molar-refractivity contribution in [1.82, 2.24) is 10.2 Å². The SMILES string of the molecule is CCC(NC(C)CCN(C)C)C(N)=NO. The molecular formula is C10H24N4O. The van der Waals surface area contributed by atoms with E-state index in [1.165, 1.54) is 0 Å². The zero-order chi connectivity index (χ0) is 11.8. The molecule has 0 aliphatic rings. The summed E-state index contributed by atoms with van der Waals surface area (Å²) in [6, 6.07) is 0.324. The minimum atomic E-state index is -0.0350. The van der Waals surface area contributed by atoms with Crippen LogP contribution >= 0.6 is 0 Å². The lowest BCUT2D eigenvalue weighted by atomic mass is 10.1. The molecule has 90 valence electrons. The number of hydrogen-bond donors (Lipinski definition) is 3. The minimum Gasteiger partial charge on any atom is -0.409 e. The van der Waals surface area contributed by atoms with Crippen LogP contribution in [0.15, 0.2) is 5.16 Å². The number of nitrogens with one attached hydrogen (secondary N) is 1. The number of rotatable bonds is 7. The Balaban J connectivity index is 3.96. The lowest BCUT2D eigenvalue weighted by Gasteiger charge is -2.22. The predicted octanol–water partition coefficient (Wildman–Crippen LogP) is 0.441. The summed E-state index contributed by atoms with van der Waals surface area (Å²) in [7, 11) is 4.10. The monoisotopic (exact) mass is 216 g/mol. The summed E-state index contributed by atoms with van der Waals surface area (Å²) < 4.78 is 0. The fourth-order valence-corrected chi connectivity index (χ4v) is 1.36. The van der Waals surface area contributed by atoms with E-state index in [1.807, 2.05) is 21.0 Å². The Morgan fingerprint density at radius 3 is 2.53 bits per heavy atom. The first-order valence-corrected chi connectivity index (χ1v) is 5.39. The van der Waals surface area contributed by atoms with Crippen LogP contribution in [0, 0.1) is 0 Å². The second kappa shape index (κ2) is 7.48. The van der Waals surface area contributed by atoms with Gasteiger partial charge in [0.2, 0.25) is 0 Å². The quantitative estimate of drug-likeness (QED) is 0.250. The molecule has 0 aromatic rings. The van der Waals surface area contributed by atoms with E-state index in [2.05, 4.69) is 22.3 Å². The Morgan fingerprint density at radius 2 is 2.13 bits per heavy atom. The second-order valence-corrected chi connectivity index (χ2v) is 4.15. The Bertz CT molecular complexity index is 194.